The zero-order valence-electron chi connectivity index (χ0n) is 15.0. The van der Waals surface area contributed by atoms with E-state index in [4.69, 9.17) is 18.9 Å². The van der Waals surface area contributed by atoms with Crippen molar-refractivity contribution in [2.24, 2.45) is 17.8 Å². The fourth-order valence-electron chi connectivity index (χ4n) is 4.19. The predicted octanol–water partition coefficient (Wildman–Crippen LogP) is -2.15. The highest BCUT2D eigenvalue weighted by Crippen LogP contribution is 2.47. The minimum Gasteiger partial charge on any atom is -0.472 e. The van der Waals surface area contributed by atoms with Crippen molar-refractivity contribution in [2.45, 2.75) is 56.4 Å². The number of methoxy groups -OCH3 is 1. The summed E-state index contributed by atoms with van der Waals surface area (Å²) in [5.41, 5.74) is 0.202. The fourth-order valence-corrected chi connectivity index (χ4v) is 4.19. The van der Waals surface area contributed by atoms with Gasteiger partial charge in [0.1, 0.15) is 24.4 Å². The average Bonchev–Trinajstić information content (AvgIpc) is 2.96. The van der Waals surface area contributed by atoms with Crippen LogP contribution in [0.15, 0.2) is 11.8 Å². The van der Waals surface area contributed by atoms with E-state index in [-0.39, 0.29) is 11.5 Å². The second-order valence-electron chi connectivity index (χ2n) is 7.29. The van der Waals surface area contributed by atoms with Gasteiger partial charge < -0.3 is 44.5 Å². The van der Waals surface area contributed by atoms with Gasteiger partial charge >= 0.3 is 5.97 Å². The Balaban J connectivity index is 1.80. The molecule has 0 amide bonds. The molecular weight excluding hydrogens is 364 g/mol. The summed E-state index contributed by atoms with van der Waals surface area (Å²) in [7, 11) is 1.24. The Kier molecular flexibility index (Phi) is 6.06. The molecule has 0 aromatic rings. The lowest BCUT2D eigenvalue weighted by Crippen LogP contribution is -2.60. The highest BCUT2D eigenvalue weighted by Gasteiger charge is 2.53. The van der Waals surface area contributed by atoms with Crippen molar-refractivity contribution in [3.63, 3.8) is 0 Å². The summed E-state index contributed by atoms with van der Waals surface area (Å²) in [5.74, 6) is -1.68. The molecule has 0 aromatic heterocycles. The topological polar surface area (TPSA) is 155 Å². The molecule has 0 bridgehead atoms. The molecule has 2 heterocycles. The third-order valence-corrected chi connectivity index (χ3v) is 5.64. The smallest absolute Gasteiger partial charge is 0.337 e. The Bertz CT molecular complexity index is 578. The Morgan fingerprint density at radius 1 is 1.19 bits per heavy atom. The van der Waals surface area contributed by atoms with E-state index in [1.165, 1.54) is 13.4 Å². The first-order valence-electron chi connectivity index (χ1n) is 8.88. The lowest BCUT2D eigenvalue weighted by atomic mass is 9.82. The van der Waals surface area contributed by atoms with Gasteiger partial charge in [0, 0.05) is 11.8 Å². The monoisotopic (exact) mass is 390 g/mol. The molecule has 10 atom stereocenters. The molecule has 10 heteroatoms. The maximum absolute atomic E-state index is 12.0. The summed E-state index contributed by atoms with van der Waals surface area (Å²) in [6.07, 6.45) is -7.31. The number of carbonyl (C=O) groups excluding carboxylic acids is 1. The maximum Gasteiger partial charge on any atom is 0.337 e. The molecule has 1 saturated carbocycles. The first-order valence-corrected chi connectivity index (χ1v) is 8.88. The molecule has 3 aliphatic rings. The van der Waals surface area contributed by atoms with Crippen LogP contribution < -0.4 is 0 Å². The van der Waals surface area contributed by atoms with Crippen LogP contribution in [0.3, 0.4) is 0 Å². The van der Waals surface area contributed by atoms with E-state index in [1.807, 2.05) is 6.92 Å². The number of ether oxygens (including phenoxy) is 4. The second-order valence-corrected chi connectivity index (χ2v) is 7.29. The summed E-state index contributed by atoms with van der Waals surface area (Å²) in [5, 5.41) is 49.6. The van der Waals surface area contributed by atoms with Gasteiger partial charge in [-0.2, -0.15) is 0 Å². The van der Waals surface area contributed by atoms with E-state index < -0.39 is 67.5 Å². The van der Waals surface area contributed by atoms with Crippen molar-refractivity contribution >= 4 is 5.97 Å². The van der Waals surface area contributed by atoms with Crippen molar-refractivity contribution in [3.05, 3.63) is 11.8 Å². The average molecular weight is 390 g/mol. The van der Waals surface area contributed by atoms with Crippen LogP contribution in [0.5, 0.6) is 0 Å². The third kappa shape index (κ3) is 3.58. The predicted molar refractivity (Wildman–Crippen MR) is 86.6 cm³/mol. The second kappa shape index (κ2) is 8.00. The summed E-state index contributed by atoms with van der Waals surface area (Å²) in [4.78, 5) is 12.0. The molecule has 5 N–H and O–H groups in total. The van der Waals surface area contributed by atoms with Crippen LogP contribution in [0.2, 0.25) is 0 Å². The van der Waals surface area contributed by atoms with E-state index in [0.29, 0.717) is 6.42 Å². The zero-order chi connectivity index (χ0) is 19.9. The molecule has 0 aromatic carbocycles. The summed E-state index contributed by atoms with van der Waals surface area (Å²) in [6.45, 7) is 1.30. The summed E-state index contributed by atoms with van der Waals surface area (Å²) in [6, 6.07) is 0. The summed E-state index contributed by atoms with van der Waals surface area (Å²) < 4.78 is 21.3. The van der Waals surface area contributed by atoms with E-state index in [2.05, 4.69) is 0 Å². The normalized spacial score (nSPS) is 47.0. The van der Waals surface area contributed by atoms with Gasteiger partial charge in [0.2, 0.25) is 6.29 Å². The molecule has 2 aliphatic heterocycles. The molecule has 0 radical (unpaired) electrons. The van der Waals surface area contributed by atoms with Gasteiger partial charge in [0.15, 0.2) is 6.29 Å². The number of hydrogen-bond donors (Lipinski definition) is 5. The SMILES string of the molecule is COC(=O)C1=CO[C@@H](O[C@@H]2O[C@H](CO)[C@@H](O)[C@H](O)[C@H]2O)[C@H]2[C@@H]1[C@H](O)C[C@H]2C. The largest absolute Gasteiger partial charge is 0.472 e. The number of fused-ring (bicyclic) bond motifs is 1. The minimum atomic E-state index is -1.58. The Morgan fingerprint density at radius 2 is 1.89 bits per heavy atom. The lowest BCUT2D eigenvalue weighted by molar-refractivity contribution is -0.342. The van der Waals surface area contributed by atoms with Gasteiger partial charge in [0.05, 0.1) is 31.7 Å². The Labute approximate surface area is 155 Å². The maximum atomic E-state index is 12.0. The highest BCUT2D eigenvalue weighted by atomic mass is 16.8. The number of hydrogen-bond acceptors (Lipinski definition) is 10. The first-order chi connectivity index (χ1) is 12.8. The van der Waals surface area contributed by atoms with Crippen molar-refractivity contribution in [1.29, 1.82) is 0 Å². The van der Waals surface area contributed by atoms with E-state index in [0.717, 1.165) is 0 Å². The van der Waals surface area contributed by atoms with Crippen LogP contribution in [0.4, 0.5) is 0 Å². The third-order valence-electron chi connectivity index (χ3n) is 5.64. The quantitative estimate of drug-likeness (QED) is 0.336. The Morgan fingerprint density at radius 3 is 2.52 bits per heavy atom. The number of rotatable bonds is 4. The van der Waals surface area contributed by atoms with Crippen LogP contribution in [0.1, 0.15) is 13.3 Å². The van der Waals surface area contributed by atoms with Crippen LogP contribution in [0.25, 0.3) is 0 Å². The molecule has 3 rings (SSSR count). The zero-order valence-corrected chi connectivity index (χ0v) is 15.0. The van der Waals surface area contributed by atoms with E-state index >= 15 is 0 Å². The minimum absolute atomic E-state index is 0.0757. The molecule has 0 unspecified atom stereocenters. The van der Waals surface area contributed by atoms with E-state index in [9.17, 15) is 30.3 Å². The number of aliphatic hydroxyl groups excluding tert-OH is 5. The van der Waals surface area contributed by atoms with Gasteiger partial charge in [-0.1, -0.05) is 6.92 Å². The van der Waals surface area contributed by atoms with Gasteiger partial charge in [0.25, 0.3) is 0 Å². The molecule has 154 valence electrons. The van der Waals surface area contributed by atoms with Crippen LogP contribution in [-0.4, -0.2) is 88.3 Å². The van der Waals surface area contributed by atoms with Crippen molar-refractivity contribution in [3.8, 4) is 0 Å². The van der Waals surface area contributed by atoms with Gasteiger partial charge in [-0.15, -0.1) is 0 Å². The molecule has 2 fully saturated rings. The highest BCUT2D eigenvalue weighted by molar-refractivity contribution is 5.89. The van der Waals surface area contributed by atoms with Gasteiger partial charge in [-0.05, 0) is 12.3 Å². The van der Waals surface area contributed by atoms with Crippen molar-refractivity contribution < 1.29 is 49.3 Å². The fraction of sp³-hybridized carbons (Fsp3) is 0.824. The molecule has 27 heavy (non-hydrogen) atoms. The standard InChI is InChI=1S/C17H26O10/c1-6-3-8(19)11-7(15(23)24-2)5-25-16(10(6)11)27-17-14(22)13(21)12(20)9(4-18)26-17/h5-6,8-14,16-22H,3-4H2,1-2H3/t6-,8-,9-,10-,11+,12-,13+,14-,16+,17+/m1/s1. The lowest BCUT2D eigenvalue weighted by Gasteiger charge is -2.43. The van der Waals surface area contributed by atoms with Gasteiger partial charge in [-0.25, -0.2) is 4.79 Å². The number of carbonyl (C=O) groups is 1. The molecular formula is C17H26O10. The van der Waals surface area contributed by atoms with Crippen LogP contribution in [-0.2, 0) is 23.7 Å². The molecule has 1 saturated heterocycles. The Hall–Kier alpha value is -1.27. The number of aliphatic hydroxyl groups is 5. The van der Waals surface area contributed by atoms with Crippen LogP contribution >= 0.6 is 0 Å². The van der Waals surface area contributed by atoms with Crippen molar-refractivity contribution in [1.82, 2.24) is 0 Å². The van der Waals surface area contributed by atoms with Crippen molar-refractivity contribution in [2.75, 3.05) is 13.7 Å². The first kappa shape index (κ1) is 20.5. The number of esters is 1. The van der Waals surface area contributed by atoms with E-state index in [1.54, 1.807) is 0 Å². The molecule has 1 aliphatic carbocycles. The molecule has 10 nitrogen and oxygen atoms in total. The molecule has 0 spiro atoms. The summed E-state index contributed by atoms with van der Waals surface area (Å²) >= 11 is 0. The van der Waals surface area contributed by atoms with Gasteiger partial charge in [-0.3, -0.25) is 0 Å². The van der Waals surface area contributed by atoms with Crippen LogP contribution in [0, 0.1) is 17.8 Å².